The molecule has 0 bridgehead atoms. The molecule has 5 heteroatoms. The molecule has 0 spiro atoms. The number of nitrogens with one attached hydrogen (secondary N) is 1. The highest BCUT2D eigenvalue weighted by molar-refractivity contribution is 5.85. The van der Waals surface area contributed by atoms with Gasteiger partial charge in [-0.1, -0.05) is 0 Å². The van der Waals surface area contributed by atoms with Crippen molar-refractivity contribution in [2.45, 2.75) is 38.3 Å². The van der Waals surface area contributed by atoms with Gasteiger partial charge in [-0.2, -0.15) is 0 Å². The number of hydrogen-bond acceptors (Lipinski definition) is 4. The van der Waals surface area contributed by atoms with Crippen molar-refractivity contribution >= 4 is 11.9 Å². The van der Waals surface area contributed by atoms with E-state index in [-0.39, 0.29) is 30.3 Å². The second-order valence-electron chi connectivity index (χ2n) is 4.09. The van der Waals surface area contributed by atoms with E-state index in [4.69, 9.17) is 5.73 Å². The maximum absolute atomic E-state index is 11.4. The zero-order chi connectivity index (χ0) is 11.4. The number of esters is 1. The monoisotopic (exact) mass is 214 g/mol. The van der Waals surface area contributed by atoms with Gasteiger partial charge >= 0.3 is 5.97 Å². The predicted octanol–water partition coefficient (Wildman–Crippen LogP) is -0.208. The molecule has 15 heavy (non-hydrogen) atoms. The number of carbonyl (C=O) groups is 2. The Bertz CT molecular complexity index is 249. The van der Waals surface area contributed by atoms with E-state index in [9.17, 15) is 9.59 Å². The highest BCUT2D eigenvalue weighted by Crippen LogP contribution is 2.33. The van der Waals surface area contributed by atoms with Crippen LogP contribution in [0.4, 0.5) is 0 Å². The first-order chi connectivity index (χ1) is 7.04. The summed E-state index contributed by atoms with van der Waals surface area (Å²) in [5, 5.41) is 2.67. The summed E-state index contributed by atoms with van der Waals surface area (Å²) in [5.74, 6) is -0.308. The summed E-state index contributed by atoms with van der Waals surface area (Å²) in [6, 6.07) is -0.677. The Morgan fingerprint density at radius 1 is 1.53 bits per heavy atom. The second kappa shape index (κ2) is 5.11. The minimum absolute atomic E-state index is 0.188. The van der Waals surface area contributed by atoms with Gasteiger partial charge in [-0.25, -0.2) is 4.79 Å². The van der Waals surface area contributed by atoms with Crippen molar-refractivity contribution in [3.8, 4) is 0 Å². The van der Waals surface area contributed by atoms with E-state index in [1.54, 1.807) is 6.92 Å². The molecule has 1 aliphatic rings. The Morgan fingerprint density at radius 2 is 2.13 bits per heavy atom. The van der Waals surface area contributed by atoms with Gasteiger partial charge < -0.3 is 15.8 Å². The second-order valence-corrected chi connectivity index (χ2v) is 4.09. The van der Waals surface area contributed by atoms with Crippen LogP contribution in [0.2, 0.25) is 0 Å². The highest BCUT2D eigenvalue weighted by Gasteiger charge is 2.37. The van der Waals surface area contributed by atoms with Crippen molar-refractivity contribution in [1.29, 1.82) is 0 Å². The predicted molar refractivity (Wildman–Crippen MR) is 54.9 cm³/mol. The van der Waals surface area contributed by atoms with Crippen molar-refractivity contribution in [1.82, 2.24) is 5.32 Å². The molecule has 86 valence electrons. The quantitative estimate of drug-likeness (QED) is 0.620. The molecule has 2 unspecified atom stereocenters. The minimum atomic E-state index is -0.485. The molecular formula is C10H18N2O3. The molecule has 0 heterocycles. The van der Waals surface area contributed by atoms with Crippen LogP contribution in [-0.4, -0.2) is 31.1 Å². The molecule has 0 radical (unpaired) electrons. The van der Waals surface area contributed by atoms with Gasteiger partial charge in [-0.3, -0.25) is 4.79 Å². The molecule has 1 fully saturated rings. The Balaban J connectivity index is 2.44. The lowest BCUT2D eigenvalue weighted by atomic mass is 10.1. The number of methoxy groups -OCH3 is 1. The Morgan fingerprint density at radius 3 is 2.53 bits per heavy atom. The third-order valence-corrected chi connectivity index (χ3v) is 2.37. The molecule has 3 N–H and O–H groups in total. The smallest absolute Gasteiger partial charge is 0.328 e. The molecular weight excluding hydrogens is 196 g/mol. The van der Waals surface area contributed by atoms with E-state index in [1.165, 1.54) is 7.11 Å². The summed E-state index contributed by atoms with van der Waals surface area (Å²) in [6.45, 7) is 1.75. The molecule has 1 saturated carbocycles. The fourth-order valence-corrected chi connectivity index (χ4v) is 1.45. The zero-order valence-corrected chi connectivity index (χ0v) is 9.16. The van der Waals surface area contributed by atoms with Gasteiger partial charge in [0.1, 0.15) is 6.04 Å². The van der Waals surface area contributed by atoms with Gasteiger partial charge in [0.25, 0.3) is 0 Å². The van der Waals surface area contributed by atoms with Crippen LogP contribution >= 0.6 is 0 Å². The first kappa shape index (κ1) is 12.0. The first-order valence-electron chi connectivity index (χ1n) is 5.17. The van der Waals surface area contributed by atoms with E-state index in [1.807, 2.05) is 0 Å². The van der Waals surface area contributed by atoms with Gasteiger partial charge in [0.15, 0.2) is 0 Å². The van der Waals surface area contributed by atoms with Gasteiger partial charge in [0.05, 0.1) is 7.11 Å². The van der Waals surface area contributed by atoms with Crippen molar-refractivity contribution in [3.63, 3.8) is 0 Å². The SMILES string of the molecule is COC(=O)C(NC(=O)CC(C)N)C1CC1. The van der Waals surface area contributed by atoms with Crippen molar-refractivity contribution in [2.75, 3.05) is 7.11 Å². The molecule has 0 aromatic heterocycles. The van der Waals surface area contributed by atoms with Crippen LogP contribution in [0.1, 0.15) is 26.2 Å². The standard InChI is InChI=1S/C10H18N2O3/c1-6(11)5-8(13)12-9(7-3-4-7)10(14)15-2/h6-7,9H,3-5,11H2,1-2H3,(H,12,13). The van der Waals surface area contributed by atoms with Crippen LogP contribution in [-0.2, 0) is 14.3 Å². The third-order valence-electron chi connectivity index (χ3n) is 2.37. The van der Waals surface area contributed by atoms with Gasteiger partial charge in [0.2, 0.25) is 5.91 Å². The molecule has 0 aromatic rings. The van der Waals surface area contributed by atoms with Crippen molar-refractivity contribution in [2.24, 2.45) is 11.7 Å². The normalized spacial score (nSPS) is 19.1. The maximum atomic E-state index is 11.4. The van der Waals surface area contributed by atoms with Gasteiger partial charge in [-0.15, -0.1) is 0 Å². The van der Waals surface area contributed by atoms with E-state index in [2.05, 4.69) is 10.1 Å². The highest BCUT2D eigenvalue weighted by atomic mass is 16.5. The molecule has 5 nitrogen and oxygen atoms in total. The molecule has 1 amide bonds. The molecule has 2 atom stereocenters. The molecule has 0 aromatic carbocycles. The van der Waals surface area contributed by atoms with Crippen LogP contribution in [0.3, 0.4) is 0 Å². The molecule has 0 aliphatic heterocycles. The van der Waals surface area contributed by atoms with Crippen LogP contribution in [0.25, 0.3) is 0 Å². The average molecular weight is 214 g/mol. The lowest BCUT2D eigenvalue weighted by Gasteiger charge is -2.16. The summed E-state index contributed by atoms with van der Waals surface area (Å²) in [6.07, 6.45) is 2.18. The number of ether oxygens (including phenoxy) is 1. The van der Waals surface area contributed by atoms with Crippen LogP contribution in [0.15, 0.2) is 0 Å². The Kier molecular flexibility index (Phi) is 4.08. The van der Waals surface area contributed by atoms with Gasteiger partial charge in [-0.05, 0) is 25.7 Å². The molecule has 1 aliphatic carbocycles. The van der Waals surface area contributed by atoms with E-state index >= 15 is 0 Å². The number of carbonyl (C=O) groups excluding carboxylic acids is 2. The lowest BCUT2D eigenvalue weighted by molar-refractivity contribution is -0.145. The maximum Gasteiger partial charge on any atom is 0.328 e. The number of hydrogen-bond donors (Lipinski definition) is 2. The molecule has 1 rings (SSSR count). The van der Waals surface area contributed by atoms with Crippen molar-refractivity contribution < 1.29 is 14.3 Å². The topological polar surface area (TPSA) is 81.4 Å². The summed E-state index contributed by atoms with van der Waals surface area (Å²) < 4.78 is 4.63. The first-order valence-corrected chi connectivity index (χ1v) is 5.17. The summed E-state index contributed by atoms with van der Waals surface area (Å²) in [7, 11) is 1.33. The van der Waals surface area contributed by atoms with E-state index in [0.717, 1.165) is 12.8 Å². The van der Waals surface area contributed by atoms with Crippen LogP contribution < -0.4 is 11.1 Å². The summed E-state index contributed by atoms with van der Waals surface area (Å²) in [5.41, 5.74) is 5.49. The minimum Gasteiger partial charge on any atom is -0.467 e. The largest absolute Gasteiger partial charge is 0.467 e. The van der Waals surface area contributed by atoms with E-state index < -0.39 is 6.04 Å². The number of rotatable bonds is 5. The van der Waals surface area contributed by atoms with Crippen molar-refractivity contribution in [3.05, 3.63) is 0 Å². The summed E-state index contributed by atoms with van der Waals surface area (Å²) >= 11 is 0. The summed E-state index contributed by atoms with van der Waals surface area (Å²) in [4.78, 5) is 22.8. The van der Waals surface area contributed by atoms with Crippen LogP contribution in [0.5, 0.6) is 0 Å². The van der Waals surface area contributed by atoms with Crippen LogP contribution in [0, 0.1) is 5.92 Å². The number of nitrogens with two attached hydrogens (primary N) is 1. The Hall–Kier alpha value is -1.10. The number of amides is 1. The van der Waals surface area contributed by atoms with E-state index in [0.29, 0.717) is 0 Å². The Labute approximate surface area is 89.3 Å². The van der Waals surface area contributed by atoms with Gasteiger partial charge in [0, 0.05) is 12.5 Å². The lowest BCUT2D eigenvalue weighted by Crippen LogP contribution is -2.44. The molecule has 0 saturated heterocycles. The fraction of sp³-hybridized carbons (Fsp3) is 0.800. The fourth-order valence-electron chi connectivity index (χ4n) is 1.45. The third kappa shape index (κ3) is 3.87. The average Bonchev–Trinajstić information content (AvgIpc) is 2.95. The zero-order valence-electron chi connectivity index (χ0n) is 9.16.